The van der Waals surface area contributed by atoms with E-state index in [1.807, 2.05) is 47.4 Å². The molecule has 2 aliphatic heterocycles. The maximum absolute atomic E-state index is 12.0. The van der Waals surface area contributed by atoms with Crippen molar-refractivity contribution in [1.82, 2.24) is 35.3 Å². The number of H-pyrrole nitrogens is 1. The summed E-state index contributed by atoms with van der Waals surface area (Å²) in [7, 11) is -2.98. The number of hydrogen-bond donors (Lipinski definition) is 1. The zero-order chi connectivity index (χ0) is 29.9. The summed E-state index contributed by atoms with van der Waals surface area (Å²) in [4.78, 5) is 13.6. The molecule has 0 radical (unpaired) electrons. The van der Waals surface area contributed by atoms with Gasteiger partial charge in [0, 0.05) is 42.9 Å². The highest BCUT2D eigenvalue weighted by Gasteiger charge is 2.25. The molecule has 0 bridgehead atoms. The molecule has 2 saturated heterocycles. The molecule has 0 saturated carbocycles. The van der Waals surface area contributed by atoms with Crippen molar-refractivity contribution in [2.75, 3.05) is 42.6 Å². The van der Waals surface area contributed by atoms with Crippen LogP contribution in [0.1, 0.15) is 30.1 Å². The number of benzene rings is 2. The fourth-order valence-electron chi connectivity index (χ4n) is 5.98. The summed E-state index contributed by atoms with van der Waals surface area (Å²) < 4.78 is 23.9. The van der Waals surface area contributed by atoms with Gasteiger partial charge in [0.2, 0.25) is 0 Å². The van der Waals surface area contributed by atoms with Gasteiger partial charge < -0.3 is 4.90 Å². The fourth-order valence-corrected chi connectivity index (χ4v) is 7.18. The summed E-state index contributed by atoms with van der Waals surface area (Å²) in [6.07, 6.45) is 3.80. The minimum absolute atomic E-state index is 0.142. The highest BCUT2D eigenvalue weighted by Crippen LogP contribution is 2.33. The molecule has 224 valence electrons. The number of likely N-dealkylation sites (tertiary alicyclic amines) is 1. The van der Waals surface area contributed by atoms with E-state index in [0.717, 1.165) is 72.2 Å². The van der Waals surface area contributed by atoms with E-state index in [2.05, 4.69) is 66.7 Å². The van der Waals surface area contributed by atoms with E-state index in [0.29, 0.717) is 24.8 Å². The monoisotopic (exact) mass is 606 g/mol. The molecule has 0 atom stereocenters. The summed E-state index contributed by atoms with van der Waals surface area (Å²) in [6, 6.07) is 26.6. The van der Waals surface area contributed by atoms with Gasteiger partial charge in [-0.25, -0.2) is 13.4 Å². The minimum Gasteiger partial charge on any atom is -0.353 e. The van der Waals surface area contributed by atoms with Gasteiger partial charge in [0.15, 0.2) is 27.3 Å². The van der Waals surface area contributed by atoms with Crippen LogP contribution in [0.4, 0.5) is 5.82 Å². The topological polar surface area (TPSA) is 121 Å². The molecule has 0 amide bonds. The first kappa shape index (κ1) is 28.3. The highest BCUT2D eigenvalue weighted by atomic mass is 32.2. The number of hydrogen-bond acceptors (Lipinski definition) is 9. The van der Waals surface area contributed by atoms with Crippen molar-refractivity contribution in [2.45, 2.75) is 25.3 Å². The molecule has 0 spiro atoms. The molecular formula is C33H34N8O2S. The van der Waals surface area contributed by atoms with Crippen LogP contribution < -0.4 is 4.90 Å². The van der Waals surface area contributed by atoms with Gasteiger partial charge in [-0.05, 0) is 55.3 Å². The molecule has 5 heterocycles. The van der Waals surface area contributed by atoms with Gasteiger partial charge in [-0.3, -0.25) is 15.0 Å². The van der Waals surface area contributed by atoms with E-state index in [1.54, 1.807) is 6.20 Å². The van der Waals surface area contributed by atoms with Crippen molar-refractivity contribution >= 4 is 15.7 Å². The number of nitrogens with one attached hydrogen (secondary N) is 1. The first-order valence-electron chi connectivity index (χ1n) is 15.0. The van der Waals surface area contributed by atoms with Crippen LogP contribution in [-0.4, -0.2) is 81.4 Å². The molecule has 44 heavy (non-hydrogen) atoms. The van der Waals surface area contributed by atoms with Crippen LogP contribution in [0.25, 0.3) is 33.9 Å². The van der Waals surface area contributed by atoms with Crippen LogP contribution in [0.2, 0.25) is 0 Å². The number of aromatic nitrogens is 6. The fraction of sp³-hybridized carbons (Fsp3) is 0.303. The molecule has 3 aromatic heterocycles. The largest absolute Gasteiger partial charge is 0.353 e. The molecule has 7 rings (SSSR count). The third kappa shape index (κ3) is 6.24. The molecule has 10 nitrogen and oxygen atoms in total. The van der Waals surface area contributed by atoms with Crippen molar-refractivity contribution in [3.8, 4) is 33.9 Å². The number of sulfone groups is 1. The van der Waals surface area contributed by atoms with Gasteiger partial charge in [-0.15, -0.1) is 10.2 Å². The second-order valence-electron chi connectivity index (χ2n) is 11.5. The molecule has 1 N–H and O–H groups in total. The van der Waals surface area contributed by atoms with E-state index < -0.39 is 9.84 Å². The lowest BCUT2D eigenvalue weighted by molar-refractivity contribution is 0.202. The van der Waals surface area contributed by atoms with Crippen molar-refractivity contribution in [3.63, 3.8) is 0 Å². The second kappa shape index (κ2) is 12.3. The Morgan fingerprint density at radius 3 is 2.30 bits per heavy atom. The van der Waals surface area contributed by atoms with Gasteiger partial charge in [0.25, 0.3) is 0 Å². The SMILES string of the molecule is O=S1(=O)CCN(c2cc(-c3ccccc3)c(-c3ccc(CN4CCC(c5n[nH]c(-c6ccccn6)n5)CC4)cc3)nn2)CC1. The molecule has 2 fully saturated rings. The average molecular weight is 607 g/mol. The molecule has 0 unspecified atom stereocenters. The van der Waals surface area contributed by atoms with Gasteiger partial charge >= 0.3 is 0 Å². The second-order valence-corrected chi connectivity index (χ2v) is 13.8. The number of rotatable bonds is 7. The minimum atomic E-state index is -2.98. The molecule has 2 aromatic carbocycles. The zero-order valence-electron chi connectivity index (χ0n) is 24.4. The van der Waals surface area contributed by atoms with Crippen LogP contribution in [0, 0.1) is 0 Å². The van der Waals surface area contributed by atoms with Crippen molar-refractivity contribution in [2.24, 2.45) is 0 Å². The van der Waals surface area contributed by atoms with Gasteiger partial charge in [-0.2, -0.15) is 5.10 Å². The number of nitrogens with zero attached hydrogens (tertiary/aromatic N) is 7. The summed E-state index contributed by atoms with van der Waals surface area (Å²) in [5.74, 6) is 2.93. The molecule has 5 aromatic rings. The Balaban J connectivity index is 1.03. The maximum atomic E-state index is 12.0. The van der Waals surface area contributed by atoms with Crippen LogP contribution in [0.5, 0.6) is 0 Å². The summed E-state index contributed by atoms with van der Waals surface area (Å²) in [5, 5.41) is 16.8. The Hall–Kier alpha value is -4.48. The Kier molecular flexibility index (Phi) is 7.88. The first-order valence-corrected chi connectivity index (χ1v) is 16.9. The van der Waals surface area contributed by atoms with Crippen LogP contribution in [0.15, 0.2) is 85.1 Å². The third-order valence-corrected chi connectivity index (χ3v) is 10.1. The number of anilines is 1. The van der Waals surface area contributed by atoms with Crippen molar-refractivity contribution < 1.29 is 8.42 Å². The number of pyridine rings is 1. The lowest BCUT2D eigenvalue weighted by Crippen LogP contribution is -2.40. The van der Waals surface area contributed by atoms with Gasteiger partial charge in [0.1, 0.15) is 11.4 Å². The lowest BCUT2D eigenvalue weighted by Gasteiger charge is -2.30. The van der Waals surface area contributed by atoms with Crippen LogP contribution >= 0.6 is 0 Å². The molecule has 11 heteroatoms. The smallest absolute Gasteiger partial charge is 0.174 e. The summed E-state index contributed by atoms with van der Waals surface area (Å²) in [6.45, 7) is 3.72. The standard InChI is InChI=1S/C33H34N8O2S/c42-44(43)20-18-41(19-21-44)30-22-28(25-6-2-1-3-7-25)31(37-36-30)26-11-9-24(10-12-26)23-40-16-13-27(14-17-40)32-35-33(39-38-32)29-8-4-5-15-34-29/h1-12,15,22,27H,13-14,16-21,23H2,(H,35,38,39). The van der Waals surface area contributed by atoms with Crippen LogP contribution in [-0.2, 0) is 16.4 Å². The predicted octanol–water partition coefficient (Wildman–Crippen LogP) is 4.61. The Bertz CT molecular complexity index is 1810. The lowest BCUT2D eigenvalue weighted by atomic mass is 9.95. The van der Waals surface area contributed by atoms with Gasteiger partial charge in [0.05, 0.1) is 11.5 Å². The van der Waals surface area contributed by atoms with E-state index in [1.165, 1.54) is 5.56 Å². The molecular weight excluding hydrogens is 572 g/mol. The third-order valence-electron chi connectivity index (χ3n) is 8.53. The Morgan fingerprint density at radius 1 is 0.818 bits per heavy atom. The maximum Gasteiger partial charge on any atom is 0.174 e. The quantitative estimate of drug-likeness (QED) is 0.283. The zero-order valence-corrected chi connectivity index (χ0v) is 25.2. The summed E-state index contributed by atoms with van der Waals surface area (Å²) in [5.41, 5.74) is 5.91. The van der Waals surface area contributed by atoms with E-state index in [9.17, 15) is 8.42 Å². The Morgan fingerprint density at radius 2 is 1.57 bits per heavy atom. The highest BCUT2D eigenvalue weighted by molar-refractivity contribution is 7.91. The van der Waals surface area contributed by atoms with E-state index in [-0.39, 0.29) is 11.5 Å². The first-order chi connectivity index (χ1) is 21.5. The molecule has 0 aliphatic carbocycles. The van der Waals surface area contributed by atoms with E-state index >= 15 is 0 Å². The normalized spacial score (nSPS) is 17.5. The average Bonchev–Trinajstić information content (AvgIpc) is 3.57. The predicted molar refractivity (Wildman–Crippen MR) is 171 cm³/mol. The number of aromatic amines is 1. The van der Waals surface area contributed by atoms with E-state index in [4.69, 9.17) is 4.98 Å². The van der Waals surface area contributed by atoms with Gasteiger partial charge in [-0.1, -0.05) is 60.7 Å². The Labute approximate surface area is 257 Å². The molecule has 2 aliphatic rings. The summed E-state index contributed by atoms with van der Waals surface area (Å²) >= 11 is 0. The van der Waals surface area contributed by atoms with Crippen molar-refractivity contribution in [1.29, 1.82) is 0 Å². The van der Waals surface area contributed by atoms with Crippen LogP contribution in [0.3, 0.4) is 0 Å². The van der Waals surface area contributed by atoms with Crippen molar-refractivity contribution in [3.05, 3.63) is 96.4 Å². The number of piperidine rings is 1.